The number of guanidine groups is 1. The summed E-state index contributed by atoms with van der Waals surface area (Å²) in [5.41, 5.74) is 2.01. The molecule has 0 saturated heterocycles. The molecule has 2 aromatic rings. The fourth-order valence-electron chi connectivity index (χ4n) is 3.07. The summed E-state index contributed by atoms with van der Waals surface area (Å²) in [5.74, 6) is 1.38. The second-order valence-corrected chi connectivity index (χ2v) is 6.64. The summed E-state index contributed by atoms with van der Waals surface area (Å²) in [5, 5.41) is 3.42. The van der Waals surface area contributed by atoms with Gasteiger partial charge in [-0.05, 0) is 37.9 Å². The van der Waals surface area contributed by atoms with Crippen LogP contribution in [0.1, 0.15) is 17.2 Å². The number of rotatable bonds is 7. The smallest absolute Gasteiger partial charge is 0.193 e. The Morgan fingerprint density at radius 3 is 2.46 bits per heavy atom. The predicted molar refractivity (Wildman–Crippen MR) is 124 cm³/mol. The Balaban J connectivity index is 0.00000392. The minimum absolute atomic E-state index is 0. The van der Waals surface area contributed by atoms with Crippen molar-refractivity contribution in [2.75, 3.05) is 41.8 Å². The van der Waals surface area contributed by atoms with Crippen LogP contribution in [0.4, 0.5) is 4.39 Å². The van der Waals surface area contributed by atoms with Crippen molar-refractivity contribution >= 4 is 29.9 Å². The molecule has 2 aromatic carbocycles. The highest BCUT2D eigenvalue weighted by atomic mass is 127. The second-order valence-electron chi connectivity index (χ2n) is 6.64. The van der Waals surface area contributed by atoms with Crippen LogP contribution in [-0.2, 0) is 6.54 Å². The molecule has 0 aliphatic carbocycles. The van der Waals surface area contributed by atoms with Gasteiger partial charge in [-0.15, -0.1) is 24.0 Å². The summed E-state index contributed by atoms with van der Waals surface area (Å²) in [6.45, 7) is 1.23. The van der Waals surface area contributed by atoms with E-state index in [-0.39, 0.29) is 35.8 Å². The predicted octanol–water partition coefficient (Wildman–Crippen LogP) is 3.76. The summed E-state index contributed by atoms with van der Waals surface area (Å²) in [6, 6.07) is 14.8. The largest absolute Gasteiger partial charge is 0.496 e. The van der Waals surface area contributed by atoms with Gasteiger partial charge in [0.25, 0.3) is 0 Å². The summed E-state index contributed by atoms with van der Waals surface area (Å²) in [6.07, 6.45) is 0. The SMILES string of the molecule is CN=C(NCC(c1ccccc1OC)N(C)C)N(C)Cc1cccc(F)c1.I. The molecule has 7 heteroatoms. The molecule has 154 valence electrons. The average molecular weight is 500 g/mol. The van der Waals surface area contributed by atoms with E-state index in [2.05, 4.69) is 21.3 Å². The number of likely N-dealkylation sites (N-methyl/N-ethyl adjacent to an activating group) is 1. The maximum atomic E-state index is 13.4. The number of nitrogens with zero attached hydrogens (tertiary/aromatic N) is 3. The molecule has 0 heterocycles. The van der Waals surface area contributed by atoms with Crippen molar-refractivity contribution in [2.45, 2.75) is 12.6 Å². The molecule has 0 radical (unpaired) electrons. The number of benzene rings is 2. The van der Waals surface area contributed by atoms with Gasteiger partial charge >= 0.3 is 0 Å². The molecule has 0 spiro atoms. The average Bonchev–Trinajstić information content (AvgIpc) is 2.65. The third-order valence-corrected chi connectivity index (χ3v) is 4.46. The van der Waals surface area contributed by atoms with Crippen LogP contribution in [0.2, 0.25) is 0 Å². The van der Waals surface area contributed by atoms with Crippen LogP contribution in [0.15, 0.2) is 53.5 Å². The highest BCUT2D eigenvalue weighted by molar-refractivity contribution is 14.0. The normalized spacial score (nSPS) is 12.3. The number of hydrogen-bond acceptors (Lipinski definition) is 3. The van der Waals surface area contributed by atoms with E-state index in [1.165, 1.54) is 6.07 Å². The minimum atomic E-state index is -0.229. The standard InChI is InChI=1S/C21H29FN4O.HI/c1-23-21(26(4)15-16-9-8-10-17(22)13-16)24-14-19(25(2)3)18-11-6-7-12-20(18)27-5;/h6-13,19H,14-15H2,1-5H3,(H,23,24);1H. The van der Waals surface area contributed by atoms with Gasteiger partial charge in [0.15, 0.2) is 5.96 Å². The Hall–Kier alpha value is -1.87. The Morgan fingerprint density at radius 1 is 1.14 bits per heavy atom. The zero-order chi connectivity index (χ0) is 19.8. The quantitative estimate of drug-likeness (QED) is 0.357. The lowest BCUT2D eigenvalue weighted by Crippen LogP contribution is -2.42. The molecule has 0 bridgehead atoms. The number of nitrogens with one attached hydrogen (secondary N) is 1. The van der Waals surface area contributed by atoms with Crippen LogP contribution in [0.3, 0.4) is 0 Å². The molecular weight excluding hydrogens is 470 g/mol. The molecule has 1 atom stereocenters. The Morgan fingerprint density at radius 2 is 1.86 bits per heavy atom. The van der Waals surface area contributed by atoms with Crippen molar-refractivity contribution in [1.82, 2.24) is 15.1 Å². The lowest BCUT2D eigenvalue weighted by Gasteiger charge is -2.29. The highest BCUT2D eigenvalue weighted by Crippen LogP contribution is 2.27. The minimum Gasteiger partial charge on any atom is -0.496 e. The van der Waals surface area contributed by atoms with Gasteiger partial charge in [0.1, 0.15) is 11.6 Å². The molecule has 0 aromatic heterocycles. The van der Waals surface area contributed by atoms with Gasteiger partial charge in [-0.3, -0.25) is 4.99 Å². The van der Waals surface area contributed by atoms with E-state index in [0.29, 0.717) is 13.1 Å². The number of methoxy groups -OCH3 is 1. The van der Waals surface area contributed by atoms with Crippen molar-refractivity contribution < 1.29 is 9.13 Å². The topological polar surface area (TPSA) is 40.1 Å². The maximum Gasteiger partial charge on any atom is 0.193 e. The summed E-state index contributed by atoms with van der Waals surface area (Å²) >= 11 is 0. The van der Waals surface area contributed by atoms with Crippen molar-refractivity contribution in [3.05, 3.63) is 65.5 Å². The zero-order valence-electron chi connectivity index (χ0n) is 17.1. The first-order chi connectivity index (χ1) is 13.0. The molecule has 1 N–H and O–H groups in total. The van der Waals surface area contributed by atoms with Crippen LogP contribution >= 0.6 is 24.0 Å². The van der Waals surface area contributed by atoms with Crippen molar-refractivity contribution in [2.24, 2.45) is 4.99 Å². The number of para-hydroxylation sites is 1. The number of halogens is 2. The van der Waals surface area contributed by atoms with Crippen LogP contribution in [0, 0.1) is 5.82 Å². The molecule has 0 aliphatic rings. The third-order valence-electron chi connectivity index (χ3n) is 4.46. The van der Waals surface area contributed by atoms with Crippen LogP contribution in [0.25, 0.3) is 0 Å². The highest BCUT2D eigenvalue weighted by Gasteiger charge is 2.19. The van der Waals surface area contributed by atoms with E-state index in [0.717, 1.165) is 22.8 Å². The van der Waals surface area contributed by atoms with Crippen LogP contribution < -0.4 is 10.1 Å². The van der Waals surface area contributed by atoms with Crippen LogP contribution in [-0.4, -0.2) is 57.6 Å². The van der Waals surface area contributed by atoms with Gasteiger partial charge in [-0.1, -0.05) is 30.3 Å². The van der Waals surface area contributed by atoms with Gasteiger partial charge in [-0.2, -0.15) is 0 Å². The van der Waals surface area contributed by atoms with E-state index in [1.807, 2.05) is 50.3 Å². The molecule has 2 rings (SSSR count). The Labute approximate surface area is 184 Å². The summed E-state index contributed by atoms with van der Waals surface area (Å²) < 4.78 is 18.9. The zero-order valence-corrected chi connectivity index (χ0v) is 19.5. The first-order valence-corrected chi connectivity index (χ1v) is 8.91. The second kappa shape index (κ2) is 11.9. The first kappa shape index (κ1) is 24.2. The fourth-order valence-corrected chi connectivity index (χ4v) is 3.07. The molecule has 0 amide bonds. The van der Waals surface area contributed by atoms with Crippen molar-refractivity contribution in [1.29, 1.82) is 0 Å². The van der Waals surface area contributed by atoms with E-state index >= 15 is 0 Å². The van der Waals surface area contributed by atoms with E-state index < -0.39 is 0 Å². The first-order valence-electron chi connectivity index (χ1n) is 8.91. The molecule has 1 unspecified atom stereocenters. The molecule has 28 heavy (non-hydrogen) atoms. The third kappa shape index (κ3) is 6.63. The number of aliphatic imine (C=N–C) groups is 1. The van der Waals surface area contributed by atoms with E-state index in [9.17, 15) is 4.39 Å². The fraction of sp³-hybridized carbons (Fsp3) is 0.381. The van der Waals surface area contributed by atoms with E-state index in [4.69, 9.17) is 4.74 Å². The Bertz CT molecular complexity index is 770. The van der Waals surface area contributed by atoms with Gasteiger partial charge in [0.2, 0.25) is 0 Å². The lowest BCUT2D eigenvalue weighted by atomic mass is 10.0. The molecular formula is C21H30FIN4O. The molecule has 0 fully saturated rings. The lowest BCUT2D eigenvalue weighted by molar-refractivity contribution is 0.285. The molecule has 0 saturated carbocycles. The molecule has 0 aliphatic heterocycles. The Kier molecular flexibility index (Phi) is 10.2. The monoisotopic (exact) mass is 500 g/mol. The number of ether oxygens (including phenoxy) is 1. The summed E-state index contributed by atoms with van der Waals surface area (Å²) in [4.78, 5) is 8.48. The van der Waals surface area contributed by atoms with Crippen molar-refractivity contribution in [3.8, 4) is 5.75 Å². The van der Waals surface area contributed by atoms with Gasteiger partial charge in [0, 0.05) is 32.7 Å². The number of hydrogen-bond donors (Lipinski definition) is 1. The summed E-state index contributed by atoms with van der Waals surface area (Å²) in [7, 11) is 9.45. The van der Waals surface area contributed by atoms with Gasteiger partial charge in [0.05, 0.1) is 13.2 Å². The molecule has 5 nitrogen and oxygen atoms in total. The van der Waals surface area contributed by atoms with Gasteiger partial charge in [-0.25, -0.2) is 4.39 Å². The van der Waals surface area contributed by atoms with Crippen molar-refractivity contribution in [3.63, 3.8) is 0 Å². The van der Waals surface area contributed by atoms with Crippen LogP contribution in [0.5, 0.6) is 5.75 Å². The van der Waals surface area contributed by atoms with Gasteiger partial charge < -0.3 is 19.9 Å². The maximum absolute atomic E-state index is 13.4. The van der Waals surface area contributed by atoms with E-state index in [1.54, 1.807) is 26.3 Å².